The summed E-state index contributed by atoms with van der Waals surface area (Å²) in [7, 11) is 0. The van der Waals surface area contributed by atoms with Gasteiger partial charge in [-0.25, -0.2) is 4.98 Å². The minimum Gasteiger partial charge on any atom is -0.376 e. The fourth-order valence-corrected chi connectivity index (χ4v) is 6.18. The molecule has 0 spiro atoms. The first-order chi connectivity index (χ1) is 15.1. The Morgan fingerprint density at radius 3 is 2.74 bits per heavy atom. The van der Waals surface area contributed by atoms with E-state index in [0.29, 0.717) is 12.5 Å². The molecule has 0 amide bonds. The highest BCUT2D eigenvalue weighted by molar-refractivity contribution is 7.18. The number of para-hydroxylation sites is 1. The topological polar surface area (TPSA) is 47.4 Å². The van der Waals surface area contributed by atoms with E-state index < -0.39 is 0 Å². The number of hydrogen-bond acceptors (Lipinski definition) is 5. The first kappa shape index (κ1) is 20.9. The van der Waals surface area contributed by atoms with Crippen LogP contribution in [0, 0.1) is 13.8 Å². The third-order valence-electron chi connectivity index (χ3n) is 6.90. The van der Waals surface area contributed by atoms with E-state index in [2.05, 4.69) is 53.6 Å². The van der Waals surface area contributed by atoms with Crippen molar-refractivity contribution in [3.63, 3.8) is 0 Å². The lowest BCUT2D eigenvalue weighted by Crippen LogP contribution is -2.37. The molecular weight excluding hydrogens is 406 g/mol. The van der Waals surface area contributed by atoms with Gasteiger partial charge in [-0.3, -0.25) is 9.69 Å². The molecule has 5 rings (SSSR count). The van der Waals surface area contributed by atoms with E-state index in [4.69, 9.17) is 9.72 Å². The molecule has 0 unspecified atom stereocenters. The predicted molar refractivity (Wildman–Crippen MR) is 125 cm³/mol. The van der Waals surface area contributed by atoms with Crippen LogP contribution in [-0.2, 0) is 11.3 Å². The van der Waals surface area contributed by atoms with Gasteiger partial charge < -0.3 is 9.30 Å². The zero-order chi connectivity index (χ0) is 21.4. The van der Waals surface area contributed by atoms with Crippen LogP contribution in [0.4, 0.5) is 0 Å². The zero-order valence-corrected chi connectivity index (χ0v) is 19.3. The Balaban J connectivity index is 1.20. The van der Waals surface area contributed by atoms with E-state index in [1.54, 1.807) is 0 Å². The van der Waals surface area contributed by atoms with E-state index in [-0.39, 0.29) is 11.9 Å². The molecular formula is C25H31N3O2S. The van der Waals surface area contributed by atoms with Gasteiger partial charge in [0.1, 0.15) is 0 Å². The minimum atomic E-state index is 0.241. The molecule has 0 radical (unpaired) electrons. The summed E-state index contributed by atoms with van der Waals surface area (Å²) < 4.78 is 9.34. The molecule has 2 aliphatic heterocycles. The van der Waals surface area contributed by atoms with Gasteiger partial charge >= 0.3 is 0 Å². The van der Waals surface area contributed by atoms with Crippen LogP contribution >= 0.6 is 11.3 Å². The number of carbonyl (C=O) groups is 1. The second-order valence-electron chi connectivity index (χ2n) is 9.02. The lowest BCUT2D eigenvalue weighted by molar-refractivity contribution is 0.0903. The number of ether oxygens (including phenoxy) is 1. The van der Waals surface area contributed by atoms with Gasteiger partial charge in [0.2, 0.25) is 0 Å². The molecule has 2 fully saturated rings. The van der Waals surface area contributed by atoms with Gasteiger partial charge in [0.05, 0.1) is 27.9 Å². The van der Waals surface area contributed by atoms with E-state index in [0.717, 1.165) is 74.4 Å². The van der Waals surface area contributed by atoms with Crippen molar-refractivity contribution in [3.8, 4) is 0 Å². The molecule has 3 aromatic rings. The maximum absolute atomic E-state index is 13.1. The van der Waals surface area contributed by atoms with E-state index >= 15 is 0 Å². The van der Waals surface area contributed by atoms with Crippen molar-refractivity contribution in [2.24, 2.45) is 0 Å². The third-order valence-corrected chi connectivity index (χ3v) is 8.10. The second-order valence-corrected chi connectivity index (χ2v) is 10.1. The average molecular weight is 438 g/mol. The van der Waals surface area contributed by atoms with Crippen LogP contribution in [0.5, 0.6) is 0 Å². The van der Waals surface area contributed by atoms with Crippen molar-refractivity contribution in [2.75, 3.05) is 26.2 Å². The number of rotatable bonds is 6. The van der Waals surface area contributed by atoms with Crippen molar-refractivity contribution in [1.29, 1.82) is 0 Å². The molecule has 0 bridgehead atoms. The van der Waals surface area contributed by atoms with Gasteiger partial charge in [-0.2, -0.15) is 0 Å². The summed E-state index contributed by atoms with van der Waals surface area (Å²) >= 11 is 1.83. The summed E-state index contributed by atoms with van der Waals surface area (Å²) in [5, 5.41) is 1.25. The number of ketones is 1. The maximum atomic E-state index is 13.1. The van der Waals surface area contributed by atoms with Crippen molar-refractivity contribution in [3.05, 3.63) is 52.3 Å². The van der Waals surface area contributed by atoms with Gasteiger partial charge in [-0.15, -0.1) is 11.3 Å². The summed E-state index contributed by atoms with van der Waals surface area (Å²) in [5.74, 6) is 0.755. The van der Waals surface area contributed by atoms with E-state index in [9.17, 15) is 4.79 Å². The molecule has 5 nitrogen and oxygen atoms in total. The number of piperidine rings is 1. The molecule has 4 heterocycles. The Bertz CT molecular complexity index is 1040. The Labute approximate surface area is 188 Å². The third kappa shape index (κ3) is 4.34. The van der Waals surface area contributed by atoms with Crippen molar-refractivity contribution < 1.29 is 9.53 Å². The summed E-state index contributed by atoms with van der Waals surface area (Å²) in [5.41, 5.74) is 4.23. The fourth-order valence-electron chi connectivity index (χ4n) is 5.05. The van der Waals surface area contributed by atoms with Gasteiger partial charge in [0.15, 0.2) is 5.78 Å². The van der Waals surface area contributed by atoms with Crippen molar-refractivity contribution in [1.82, 2.24) is 14.5 Å². The number of carbonyl (C=O) groups excluding carboxylic acids is 1. The summed E-state index contributed by atoms with van der Waals surface area (Å²) in [6, 6.07) is 10.5. The summed E-state index contributed by atoms with van der Waals surface area (Å²) in [4.78, 5) is 20.3. The van der Waals surface area contributed by atoms with Gasteiger partial charge in [-0.05, 0) is 70.8 Å². The highest BCUT2D eigenvalue weighted by atomic mass is 32.1. The van der Waals surface area contributed by atoms with E-state index in [1.165, 1.54) is 9.71 Å². The lowest BCUT2D eigenvalue weighted by Gasteiger charge is -2.30. The highest BCUT2D eigenvalue weighted by Gasteiger charge is 2.26. The van der Waals surface area contributed by atoms with Crippen molar-refractivity contribution in [2.45, 2.75) is 58.1 Å². The highest BCUT2D eigenvalue weighted by Crippen LogP contribution is 2.34. The molecule has 1 aromatic carbocycles. The monoisotopic (exact) mass is 437 g/mol. The number of nitrogens with zero attached hydrogens (tertiary/aromatic N) is 3. The molecule has 6 heteroatoms. The lowest BCUT2D eigenvalue weighted by atomic mass is 9.97. The smallest absolute Gasteiger partial charge is 0.178 e. The SMILES string of the molecule is Cc1cc(C(=O)CN2CCC(c3nc4ccccc4s3)CC2)c(C)n1C[C@H]1CCCO1. The van der Waals surface area contributed by atoms with Crippen LogP contribution in [0.3, 0.4) is 0 Å². The molecule has 2 aliphatic rings. The number of aromatic nitrogens is 2. The molecule has 2 aromatic heterocycles. The molecule has 164 valence electrons. The quantitative estimate of drug-likeness (QED) is 0.512. The number of fused-ring (bicyclic) bond motifs is 1. The number of thiazole rings is 1. The molecule has 0 N–H and O–H groups in total. The van der Waals surface area contributed by atoms with Crippen molar-refractivity contribution >= 4 is 27.3 Å². The zero-order valence-electron chi connectivity index (χ0n) is 18.5. The Morgan fingerprint density at radius 2 is 2.00 bits per heavy atom. The van der Waals surface area contributed by atoms with Crippen LogP contribution in [-0.4, -0.2) is 52.6 Å². The van der Waals surface area contributed by atoms with Crippen LogP contribution < -0.4 is 0 Å². The Morgan fingerprint density at radius 1 is 1.19 bits per heavy atom. The Hall–Kier alpha value is -2.02. The van der Waals surface area contributed by atoms with Crippen LogP contribution in [0.2, 0.25) is 0 Å². The number of likely N-dealkylation sites (tertiary alicyclic amines) is 1. The van der Waals surface area contributed by atoms with Gasteiger partial charge in [0.25, 0.3) is 0 Å². The minimum absolute atomic E-state index is 0.241. The predicted octanol–water partition coefficient (Wildman–Crippen LogP) is 4.96. The van der Waals surface area contributed by atoms with Crippen LogP contribution in [0.15, 0.2) is 30.3 Å². The largest absolute Gasteiger partial charge is 0.376 e. The van der Waals surface area contributed by atoms with Crippen LogP contribution in [0.25, 0.3) is 10.2 Å². The normalized spacial score (nSPS) is 20.6. The second kappa shape index (κ2) is 8.85. The molecule has 1 atom stereocenters. The van der Waals surface area contributed by atoms with Gasteiger partial charge in [0, 0.05) is 36.0 Å². The molecule has 0 aliphatic carbocycles. The maximum Gasteiger partial charge on any atom is 0.178 e. The molecule has 0 saturated carbocycles. The van der Waals surface area contributed by atoms with Crippen LogP contribution in [0.1, 0.15) is 58.4 Å². The van der Waals surface area contributed by atoms with E-state index in [1.807, 2.05) is 11.3 Å². The first-order valence-electron chi connectivity index (χ1n) is 11.5. The fraction of sp³-hybridized carbons (Fsp3) is 0.520. The average Bonchev–Trinajstić information content (AvgIpc) is 3.50. The summed E-state index contributed by atoms with van der Waals surface area (Å²) in [6.45, 7) is 8.33. The first-order valence-corrected chi connectivity index (χ1v) is 12.3. The number of aryl methyl sites for hydroxylation is 1. The number of benzene rings is 1. The molecule has 2 saturated heterocycles. The Kier molecular flexibility index (Phi) is 5.95. The van der Waals surface area contributed by atoms with Gasteiger partial charge in [-0.1, -0.05) is 12.1 Å². The standard InChI is InChI=1S/C25H31N3O2S/c1-17-14-21(18(2)28(17)15-20-6-5-13-30-20)23(29)16-27-11-9-19(10-12-27)25-26-22-7-3-4-8-24(22)31-25/h3-4,7-8,14,19-20H,5-6,9-13,15-16H2,1-2H3/t20-/m1/s1. The number of Topliss-reactive ketones (excluding diaryl/α,β-unsaturated/α-hetero) is 1. The summed E-state index contributed by atoms with van der Waals surface area (Å²) in [6.07, 6.45) is 4.69. The number of hydrogen-bond donors (Lipinski definition) is 0. The molecule has 31 heavy (non-hydrogen) atoms.